The third-order valence-electron chi connectivity index (χ3n) is 7.73. The van der Waals surface area contributed by atoms with Crippen molar-refractivity contribution in [2.75, 3.05) is 55.5 Å². The first-order valence-electron chi connectivity index (χ1n) is 15.8. The van der Waals surface area contributed by atoms with Gasteiger partial charge < -0.3 is 30.7 Å². The smallest absolute Gasteiger partial charge is 0.251 e. The van der Waals surface area contributed by atoms with Crippen LogP contribution in [0.3, 0.4) is 0 Å². The summed E-state index contributed by atoms with van der Waals surface area (Å²) in [5.41, 5.74) is 0.650. The zero-order valence-electron chi connectivity index (χ0n) is 24.5. The number of carbonyl (C=O) groups excluding carboxylic acids is 1. The molecule has 226 valence electrons. The van der Waals surface area contributed by atoms with Crippen molar-refractivity contribution in [1.82, 2.24) is 20.3 Å². The highest BCUT2D eigenvalue weighted by Crippen LogP contribution is 2.23. The maximum Gasteiger partial charge on any atom is 0.251 e. The molecule has 4 N–H and O–H groups in total. The van der Waals surface area contributed by atoms with Gasteiger partial charge >= 0.3 is 0 Å². The molecular formula is C31H49N7O3. The second-order valence-electron chi connectivity index (χ2n) is 11.1. The van der Waals surface area contributed by atoms with Gasteiger partial charge in [-0.1, -0.05) is 76.0 Å². The topological polar surface area (TPSA) is 122 Å². The van der Waals surface area contributed by atoms with E-state index in [2.05, 4.69) is 26.3 Å². The molecular weight excluding hydrogens is 518 g/mol. The van der Waals surface area contributed by atoms with Gasteiger partial charge in [-0.05, 0) is 37.8 Å². The first-order chi connectivity index (χ1) is 20.3. The average Bonchev–Trinajstić information content (AvgIpc) is 3.24. The van der Waals surface area contributed by atoms with E-state index in [-0.39, 0.29) is 5.91 Å². The van der Waals surface area contributed by atoms with Crippen molar-refractivity contribution in [1.29, 1.82) is 0 Å². The number of benzene rings is 1. The largest absolute Gasteiger partial charge is 0.377 e. The van der Waals surface area contributed by atoms with Gasteiger partial charge in [0.25, 0.3) is 5.91 Å². The van der Waals surface area contributed by atoms with Crippen molar-refractivity contribution in [3.05, 3.63) is 35.9 Å². The predicted octanol–water partition coefficient (Wildman–Crippen LogP) is 5.41. The maximum atomic E-state index is 12.0. The fourth-order valence-electron chi connectivity index (χ4n) is 5.46. The molecule has 2 aliphatic carbocycles. The molecule has 2 fully saturated rings. The van der Waals surface area contributed by atoms with Gasteiger partial charge in [0.05, 0.1) is 26.4 Å². The molecule has 2 aromatic rings. The second-order valence-corrected chi connectivity index (χ2v) is 11.1. The molecule has 10 nitrogen and oxygen atoms in total. The Kier molecular flexibility index (Phi) is 13.9. The van der Waals surface area contributed by atoms with Crippen LogP contribution in [-0.4, -0.2) is 72.5 Å². The van der Waals surface area contributed by atoms with Gasteiger partial charge in [0.2, 0.25) is 17.8 Å². The van der Waals surface area contributed by atoms with E-state index in [9.17, 15) is 4.79 Å². The minimum Gasteiger partial charge on any atom is -0.377 e. The van der Waals surface area contributed by atoms with E-state index in [1.807, 2.05) is 18.2 Å². The molecule has 0 aliphatic heterocycles. The van der Waals surface area contributed by atoms with Gasteiger partial charge in [-0.2, -0.15) is 15.0 Å². The van der Waals surface area contributed by atoms with Crippen LogP contribution in [0.4, 0.5) is 17.8 Å². The minimum atomic E-state index is -0.0921. The fraction of sp³-hybridized carbons (Fsp3) is 0.677. The van der Waals surface area contributed by atoms with Gasteiger partial charge in [-0.25, -0.2) is 0 Å². The summed E-state index contributed by atoms with van der Waals surface area (Å²) in [6.45, 7) is 2.95. The molecule has 41 heavy (non-hydrogen) atoms. The average molecular weight is 568 g/mol. The van der Waals surface area contributed by atoms with Crippen LogP contribution in [0.1, 0.15) is 93.8 Å². The zero-order chi connectivity index (χ0) is 28.4. The lowest BCUT2D eigenvalue weighted by molar-refractivity contribution is 0.0519. The summed E-state index contributed by atoms with van der Waals surface area (Å²) in [5.74, 6) is 1.78. The number of hydrogen-bond donors (Lipinski definition) is 4. The van der Waals surface area contributed by atoms with E-state index in [0.717, 1.165) is 25.7 Å². The highest BCUT2D eigenvalue weighted by atomic mass is 16.5. The number of carbonyl (C=O) groups is 1. The van der Waals surface area contributed by atoms with Crippen LogP contribution in [0.2, 0.25) is 0 Å². The number of hydrogen-bond acceptors (Lipinski definition) is 9. The molecule has 0 bridgehead atoms. The maximum absolute atomic E-state index is 12.0. The SMILES string of the molecule is O=C(NCCOCCOCCNc1nc(NC2CCCCCCC2)nc(NC2CCCCCC2)n1)c1ccccc1. The van der Waals surface area contributed by atoms with Crippen molar-refractivity contribution < 1.29 is 14.3 Å². The lowest BCUT2D eigenvalue weighted by Crippen LogP contribution is -2.27. The van der Waals surface area contributed by atoms with Crippen molar-refractivity contribution in [3.63, 3.8) is 0 Å². The lowest BCUT2D eigenvalue weighted by Gasteiger charge is -2.22. The Morgan fingerprint density at radius 1 is 0.634 bits per heavy atom. The summed E-state index contributed by atoms with van der Waals surface area (Å²) in [4.78, 5) is 26.2. The molecule has 1 aromatic carbocycles. The number of rotatable bonds is 15. The number of aromatic nitrogens is 3. The quantitative estimate of drug-likeness (QED) is 0.165. The minimum absolute atomic E-state index is 0.0921. The number of nitrogens with zero attached hydrogens (tertiary/aromatic N) is 3. The number of amides is 1. The molecule has 1 aromatic heterocycles. The summed E-state index contributed by atoms with van der Waals surface area (Å²) in [6.07, 6.45) is 16.3. The Hall–Kier alpha value is -2.98. The van der Waals surface area contributed by atoms with E-state index in [0.29, 0.717) is 75.0 Å². The van der Waals surface area contributed by atoms with E-state index in [1.165, 1.54) is 57.8 Å². The normalized spacial score (nSPS) is 17.2. The Morgan fingerprint density at radius 2 is 1.12 bits per heavy atom. The van der Waals surface area contributed by atoms with Gasteiger partial charge in [0.15, 0.2) is 0 Å². The molecule has 10 heteroatoms. The summed E-state index contributed by atoms with van der Waals surface area (Å²) < 4.78 is 11.3. The fourth-order valence-corrected chi connectivity index (χ4v) is 5.46. The molecule has 1 heterocycles. The Balaban J connectivity index is 1.17. The highest BCUT2D eigenvalue weighted by Gasteiger charge is 2.17. The van der Waals surface area contributed by atoms with E-state index >= 15 is 0 Å². The van der Waals surface area contributed by atoms with E-state index in [4.69, 9.17) is 19.4 Å². The van der Waals surface area contributed by atoms with Crippen LogP contribution in [0.5, 0.6) is 0 Å². The standard InChI is InChI=1S/C31H49N7O3/c39-28(25-13-7-6-8-14-25)32-19-21-40-23-24-41-22-20-33-29-36-30(34-26-15-9-2-1-3-10-16-26)38-31(37-29)35-27-17-11-4-5-12-18-27/h6-8,13-14,26-27H,1-5,9-12,15-24H2,(H,32,39)(H3,33,34,35,36,37,38). The van der Waals surface area contributed by atoms with Crippen LogP contribution in [0.15, 0.2) is 30.3 Å². The molecule has 1 amide bonds. The van der Waals surface area contributed by atoms with Crippen LogP contribution in [0.25, 0.3) is 0 Å². The molecule has 0 radical (unpaired) electrons. The Morgan fingerprint density at radius 3 is 1.68 bits per heavy atom. The Labute approximate surface area is 245 Å². The van der Waals surface area contributed by atoms with Crippen LogP contribution in [-0.2, 0) is 9.47 Å². The zero-order valence-corrected chi connectivity index (χ0v) is 24.5. The van der Waals surface area contributed by atoms with Crippen molar-refractivity contribution >= 4 is 23.8 Å². The van der Waals surface area contributed by atoms with Crippen molar-refractivity contribution in [3.8, 4) is 0 Å². The molecule has 4 rings (SSSR count). The summed E-state index contributed by atoms with van der Waals surface area (Å²) >= 11 is 0. The molecule has 0 unspecified atom stereocenters. The first kappa shape index (κ1) is 31.0. The van der Waals surface area contributed by atoms with Gasteiger partial charge in [-0.15, -0.1) is 0 Å². The highest BCUT2D eigenvalue weighted by molar-refractivity contribution is 5.94. The molecule has 0 saturated heterocycles. The third-order valence-corrected chi connectivity index (χ3v) is 7.73. The third kappa shape index (κ3) is 12.2. The first-order valence-corrected chi connectivity index (χ1v) is 15.8. The molecule has 0 atom stereocenters. The predicted molar refractivity (Wildman–Crippen MR) is 164 cm³/mol. The number of anilines is 3. The van der Waals surface area contributed by atoms with Gasteiger partial charge in [0, 0.05) is 30.7 Å². The van der Waals surface area contributed by atoms with Crippen LogP contribution in [0, 0.1) is 0 Å². The van der Waals surface area contributed by atoms with Gasteiger partial charge in [0.1, 0.15) is 0 Å². The molecule has 0 spiro atoms. The molecule has 2 saturated carbocycles. The monoisotopic (exact) mass is 567 g/mol. The van der Waals surface area contributed by atoms with Gasteiger partial charge in [-0.3, -0.25) is 4.79 Å². The van der Waals surface area contributed by atoms with Crippen LogP contribution < -0.4 is 21.3 Å². The van der Waals surface area contributed by atoms with E-state index < -0.39 is 0 Å². The second kappa shape index (κ2) is 18.5. The van der Waals surface area contributed by atoms with Crippen molar-refractivity contribution in [2.24, 2.45) is 0 Å². The number of nitrogens with one attached hydrogen (secondary N) is 4. The summed E-state index contributed by atoms with van der Waals surface area (Å²) in [6, 6.07) is 10.00. The lowest BCUT2D eigenvalue weighted by atomic mass is 9.97. The van der Waals surface area contributed by atoms with E-state index in [1.54, 1.807) is 12.1 Å². The molecule has 2 aliphatic rings. The Bertz CT molecular complexity index is 994. The summed E-state index contributed by atoms with van der Waals surface area (Å²) in [5, 5.41) is 13.4. The van der Waals surface area contributed by atoms with Crippen molar-refractivity contribution in [2.45, 2.75) is 95.6 Å². The number of ether oxygens (including phenoxy) is 2. The van der Waals surface area contributed by atoms with Crippen LogP contribution >= 0.6 is 0 Å². The summed E-state index contributed by atoms with van der Waals surface area (Å²) in [7, 11) is 0.